The molecular formula is C20H23NO5. The predicted molar refractivity (Wildman–Crippen MR) is 98.9 cm³/mol. The van der Waals surface area contributed by atoms with Crippen molar-refractivity contribution < 1.29 is 24.2 Å². The Morgan fingerprint density at radius 2 is 1.77 bits per heavy atom. The Labute approximate surface area is 152 Å². The van der Waals surface area contributed by atoms with Crippen LogP contribution in [0.25, 0.3) is 0 Å². The van der Waals surface area contributed by atoms with Gasteiger partial charge in [-0.1, -0.05) is 18.2 Å². The number of aliphatic carboxylic acids is 1. The van der Waals surface area contributed by atoms with E-state index in [4.69, 9.17) is 14.6 Å². The quantitative estimate of drug-likeness (QED) is 0.719. The molecule has 0 spiro atoms. The van der Waals surface area contributed by atoms with E-state index < -0.39 is 5.97 Å². The lowest BCUT2D eigenvalue weighted by molar-refractivity contribution is -0.136. The lowest BCUT2D eigenvalue weighted by Crippen LogP contribution is -2.11. The second-order valence-electron chi connectivity index (χ2n) is 5.85. The number of carbonyl (C=O) groups excluding carboxylic acids is 1. The summed E-state index contributed by atoms with van der Waals surface area (Å²) in [6, 6.07) is 12.5. The van der Waals surface area contributed by atoms with Crippen LogP contribution >= 0.6 is 0 Å². The summed E-state index contributed by atoms with van der Waals surface area (Å²) in [5, 5.41) is 11.6. The zero-order valence-corrected chi connectivity index (χ0v) is 15.0. The third-order valence-corrected chi connectivity index (χ3v) is 3.94. The number of carboxylic acids is 1. The van der Waals surface area contributed by atoms with Gasteiger partial charge in [0.15, 0.2) is 0 Å². The van der Waals surface area contributed by atoms with Crippen molar-refractivity contribution in [2.45, 2.75) is 25.7 Å². The van der Waals surface area contributed by atoms with Crippen LogP contribution in [0.2, 0.25) is 0 Å². The summed E-state index contributed by atoms with van der Waals surface area (Å²) in [6.45, 7) is 0. The molecule has 2 aromatic carbocycles. The van der Waals surface area contributed by atoms with Gasteiger partial charge >= 0.3 is 5.97 Å². The number of hydrogen-bond donors (Lipinski definition) is 2. The molecule has 26 heavy (non-hydrogen) atoms. The number of ether oxygens (including phenoxy) is 2. The SMILES string of the molecule is COc1ccc(CCCC(=O)Nc2ccc(CC(=O)O)cc2)c(OC)c1. The van der Waals surface area contributed by atoms with Crippen LogP contribution in [0.5, 0.6) is 11.5 Å². The number of carboxylic acid groups (broad SMARTS) is 1. The Morgan fingerprint density at radius 1 is 1.04 bits per heavy atom. The van der Waals surface area contributed by atoms with E-state index in [9.17, 15) is 9.59 Å². The number of hydrogen-bond acceptors (Lipinski definition) is 4. The third kappa shape index (κ3) is 5.81. The van der Waals surface area contributed by atoms with E-state index in [1.165, 1.54) is 0 Å². The van der Waals surface area contributed by atoms with E-state index in [1.807, 2.05) is 18.2 Å². The average molecular weight is 357 g/mol. The fourth-order valence-electron chi connectivity index (χ4n) is 2.60. The summed E-state index contributed by atoms with van der Waals surface area (Å²) in [4.78, 5) is 22.7. The number of rotatable bonds is 9. The smallest absolute Gasteiger partial charge is 0.307 e. The lowest BCUT2D eigenvalue weighted by atomic mass is 10.1. The van der Waals surface area contributed by atoms with E-state index in [0.29, 0.717) is 24.1 Å². The zero-order chi connectivity index (χ0) is 18.9. The van der Waals surface area contributed by atoms with Gasteiger partial charge in [0.2, 0.25) is 5.91 Å². The Morgan fingerprint density at radius 3 is 2.38 bits per heavy atom. The second-order valence-corrected chi connectivity index (χ2v) is 5.85. The molecule has 0 atom stereocenters. The maximum absolute atomic E-state index is 12.1. The van der Waals surface area contributed by atoms with Crippen molar-refractivity contribution in [2.75, 3.05) is 19.5 Å². The van der Waals surface area contributed by atoms with Gasteiger partial charge in [-0.3, -0.25) is 9.59 Å². The fraction of sp³-hybridized carbons (Fsp3) is 0.300. The highest BCUT2D eigenvalue weighted by atomic mass is 16.5. The lowest BCUT2D eigenvalue weighted by Gasteiger charge is -2.10. The fourth-order valence-corrected chi connectivity index (χ4v) is 2.60. The molecule has 0 aliphatic carbocycles. The minimum absolute atomic E-state index is 0.0298. The number of amides is 1. The van der Waals surface area contributed by atoms with Crippen LogP contribution in [-0.4, -0.2) is 31.2 Å². The first-order valence-corrected chi connectivity index (χ1v) is 8.33. The molecule has 0 aliphatic rings. The van der Waals surface area contributed by atoms with Gasteiger partial charge in [-0.05, 0) is 42.2 Å². The van der Waals surface area contributed by atoms with Crippen LogP contribution in [0, 0.1) is 0 Å². The van der Waals surface area contributed by atoms with E-state index in [1.54, 1.807) is 38.5 Å². The maximum atomic E-state index is 12.1. The van der Waals surface area contributed by atoms with Crippen LogP contribution in [0.15, 0.2) is 42.5 Å². The summed E-state index contributed by atoms with van der Waals surface area (Å²) in [5.41, 5.74) is 2.38. The molecule has 0 heterocycles. The minimum Gasteiger partial charge on any atom is -0.497 e. The van der Waals surface area contributed by atoms with Gasteiger partial charge in [0.1, 0.15) is 11.5 Å². The van der Waals surface area contributed by atoms with Gasteiger partial charge in [0, 0.05) is 18.2 Å². The van der Waals surface area contributed by atoms with Gasteiger partial charge < -0.3 is 19.9 Å². The number of nitrogens with one attached hydrogen (secondary N) is 1. The van der Waals surface area contributed by atoms with Crippen LogP contribution in [0.1, 0.15) is 24.0 Å². The van der Waals surface area contributed by atoms with Crippen LogP contribution in [-0.2, 0) is 22.4 Å². The molecule has 0 bridgehead atoms. The molecule has 2 aromatic rings. The number of benzene rings is 2. The first-order chi connectivity index (χ1) is 12.5. The van der Waals surface area contributed by atoms with Crippen molar-refractivity contribution >= 4 is 17.6 Å². The van der Waals surface area contributed by atoms with Crippen LogP contribution in [0.3, 0.4) is 0 Å². The molecule has 0 aliphatic heterocycles. The molecule has 1 amide bonds. The van der Waals surface area contributed by atoms with Gasteiger partial charge in [0.25, 0.3) is 0 Å². The molecule has 2 rings (SSSR count). The number of methoxy groups -OCH3 is 2. The van der Waals surface area contributed by atoms with Crippen LogP contribution in [0.4, 0.5) is 5.69 Å². The zero-order valence-electron chi connectivity index (χ0n) is 15.0. The van der Waals surface area contributed by atoms with Crippen molar-refractivity contribution in [3.8, 4) is 11.5 Å². The van der Waals surface area contributed by atoms with E-state index in [0.717, 1.165) is 23.5 Å². The van der Waals surface area contributed by atoms with Crippen molar-refractivity contribution in [2.24, 2.45) is 0 Å². The van der Waals surface area contributed by atoms with Crippen molar-refractivity contribution in [1.29, 1.82) is 0 Å². The molecule has 0 radical (unpaired) electrons. The molecule has 6 nitrogen and oxygen atoms in total. The summed E-state index contributed by atoms with van der Waals surface area (Å²) < 4.78 is 10.5. The second kappa shape index (κ2) is 9.46. The molecule has 6 heteroatoms. The highest BCUT2D eigenvalue weighted by Crippen LogP contribution is 2.25. The molecule has 138 valence electrons. The standard InChI is InChI=1S/C20H23NO5/c1-25-17-11-8-15(18(13-17)26-2)4-3-5-19(22)21-16-9-6-14(7-10-16)12-20(23)24/h6-11,13H,3-5,12H2,1-2H3,(H,21,22)(H,23,24). The van der Waals surface area contributed by atoms with Crippen molar-refractivity contribution in [3.63, 3.8) is 0 Å². The number of anilines is 1. The monoisotopic (exact) mass is 357 g/mol. The predicted octanol–water partition coefficient (Wildman–Crippen LogP) is 3.29. The summed E-state index contributed by atoms with van der Waals surface area (Å²) in [7, 11) is 3.21. The molecule has 0 saturated carbocycles. The van der Waals surface area contributed by atoms with E-state index >= 15 is 0 Å². The molecule has 0 unspecified atom stereocenters. The minimum atomic E-state index is -0.879. The van der Waals surface area contributed by atoms with Gasteiger partial charge in [-0.2, -0.15) is 0 Å². The van der Waals surface area contributed by atoms with E-state index in [2.05, 4.69) is 5.32 Å². The molecular weight excluding hydrogens is 334 g/mol. The Hall–Kier alpha value is -3.02. The Kier molecular flexibility index (Phi) is 7.02. The summed E-state index contributed by atoms with van der Waals surface area (Å²) >= 11 is 0. The topological polar surface area (TPSA) is 84.9 Å². The van der Waals surface area contributed by atoms with Gasteiger partial charge in [-0.25, -0.2) is 0 Å². The molecule has 0 fully saturated rings. The average Bonchev–Trinajstić information content (AvgIpc) is 2.63. The van der Waals surface area contributed by atoms with E-state index in [-0.39, 0.29) is 12.3 Å². The first kappa shape index (κ1) is 19.3. The summed E-state index contributed by atoms with van der Waals surface area (Å²) in [6.07, 6.45) is 1.76. The Balaban J connectivity index is 1.83. The highest BCUT2D eigenvalue weighted by molar-refractivity contribution is 5.90. The first-order valence-electron chi connectivity index (χ1n) is 8.33. The van der Waals surface area contributed by atoms with Crippen molar-refractivity contribution in [3.05, 3.63) is 53.6 Å². The Bertz CT molecular complexity index is 755. The normalized spacial score (nSPS) is 10.2. The maximum Gasteiger partial charge on any atom is 0.307 e. The summed E-state index contributed by atoms with van der Waals surface area (Å²) in [5.74, 6) is 0.521. The largest absolute Gasteiger partial charge is 0.497 e. The molecule has 0 aromatic heterocycles. The van der Waals surface area contributed by atoms with Gasteiger partial charge in [-0.15, -0.1) is 0 Å². The number of carbonyl (C=O) groups is 2. The van der Waals surface area contributed by atoms with Gasteiger partial charge in [0.05, 0.1) is 20.6 Å². The highest BCUT2D eigenvalue weighted by Gasteiger charge is 2.08. The molecule has 2 N–H and O–H groups in total. The molecule has 0 saturated heterocycles. The number of aryl methyl sites for hydroxylation is 1. The van der Waals surface area contributed by atoms with Crippen LogP contribution < -0.4 is 14.8 Å². The van der Waals surface area contributed by atoms with Crippen molar-refractivity contribution in [1.82, 2.24) is 0 Å². The third-order valence-electron chi connectivity index (χ3n) is 3.94.